The average Bonchev–Trinajstić information content (AvgIpc) is 3.23. The zero-order chi connectivity index (χ0) is 16.4. The maximum Gasteiger partial charge on any atom is 0.228 e. The average molecular weight is 329 g/mol. The monoisotopic (exact) mass is 329 g/mol. The molecule has 130 valence electrons. The number of nitrogens with one attached hydrogen (secondary N) is 2. The minimum atomic E-state index is 0.229. The van der Waals surface area contributed by atoms with Crippen molar-refractivity contribution in [2.75, 3.05) is 31.2 Å². The van der Waals surface area contributed by atoms with Gasteiger partial charge in [0.15, 0.2) is 0 Å². The van der Waals surface area contributed by atoms with Crippen LogP contribution in [0.15, 0.2) is 30.3 Å². The molecule has 0 radical (unpaired) electrons. The van der Waals surface area contributed by atoms with E-state index in [0.717, 1.165) is 32.0 Å². The molecule has 2 aliphatic heterocycles. The number of anilines is 1. The normalized spacial score (nSPS) is 34.0. The smallest absolute Gasteiger partial charge is 0.228 e. The lowest BCUT2D eigenvalue weighted by atomic mass is 9.93. The highest BCUT2D eigenvalue weighted by Gasteiger charge is 2.38. The molecular formula is C19H27N3O2. The van der Waals surface area contributed by atoms with E-state index in [9.17, 15) is 4.79 Å². The molecule has 3 fully saturated rings. The van der Waals surface area contributed by atoms with Crippen LogP contribution >= 0.6 is 0 Å². The van der Waals surface area contributed by atoms with Gasteiger partial charge in [-0.1, -0.05) is 24.6 Å². The standard InChI is InChI=1S/C19H27N3O2/c23-19-11-14(12-22(19)15-5-2-1-3-6-15)21-17-8-4-7-16(17)18-13-24-10-9-20-18/h1-3,5-6,14,16-18,20-21H,4,7-13H2. The van der Waals surface area contributed by atoms with E-state index in [1.54, 1.807) is 0 Å². The Kier molecular flexibility index (Phi) is 4.83. The molecule has 2 saturated heterocycles. The largest absolute Gasteiger partial charge is 0.379 e. The highest BCUT2D eigenvalue weighted by atomic mass is 16.5. The Morgan fingerprint density at radius 3 is 2.88 bits per heavy atom. The van der Waals surface area contributed by atoms with Crippen LogP contribution in [0.5, 0.6) is 0 Å². The van der Waals surface area contributed by atoms with E-state index in [-0.39, 0.29) is 11.9 Å². The van der Waals surface area contributed by atoms with Crippen LogP contribution in [0.2, 0.25) is 0 Å². The summed E-state index contributed by atoms with van der Waals surface area (Å²) in [7, 11) is 0. The molecule has 2 heterocycles. The minimum Gasteiger partial charge on any atom is -0.379 e. The minimum absolute atomic E-state index is 0.229. The zero-order valence-electron chi connectivity index (χ0n) is 14.1. The highest BCUT2D eigenvalue weighted by molar-refractivity contribution is 5.96. The van der Waals surface area contributed by atoms with Crippen molar-refractivity contribution in [2.45, 2.75) is 43.8 Å². The molecule has 3 aliphatic rings. The van der Waals surface area contributed by atoms with Gasteiger partial charge in [-0.25, -0.2) is 0 Å². The first kappa shape index (κ1) is 16.1. The molecule has 1 amide bonds. The molecule has 24 heavy (non-hydrogen) atoms. The van der Waals surface area contributed by atoms with E-state index in [1.165, 1.54) is 19.3 Å². The Bertz CT molecular complexity index is 559. The Morgan fingerprint density at radius 1 is 1.21 bits per heavy atom. The van der Waals surface area contributed by atoms with Gasteiger partial charge in [0.05, 0.1) is 13.2 Å². The van der Waals surface area contributed by atoms with Crippen LogP contribution in [-0.2, 0) is 9.53 Å². The number of hydrogen-bond donors (Lipinski definition) is 2. The number of nitrogens with zero attached hydrogens (tertiary/aromatic N) is 1. The van der Waals surface area contributed by atoms with E-state index in [4.69, 9.17) is 4.74 Å². The van der Waals surface area contributed by atoms with Crippen molar-refractivity contribution in [3.05, 3.63) is 30.3 Å². The van der Waals surface area contributed by atoms with Gasteiger partial charge >= 0.3 is 0 Å². The van der Waals surface area contributed by atoms with E-state index >= 15 is 0 Å². The fourth-order valence-electron chi connectivity index (χ4n) is 4.52. The Balaban J connectivity index is 1.37. The van der Waals surface area contributed by atoms with Crippen LogP contribution in [0, 0.1) is 5.92 Å². The molecule has 0 spiro atoms. The molecule has 5 heteroatoms. The summed E-state index contributed by atoms with van der Waals surface area (Å²) >= 11 is 0. The number of morpholine rings is 1. The molecule has 2 N–H and O–H groups in total. The Hall–Kier alpha value is -1.43. The number of ether oxygens (including phenoxy) is 1. The number of benzene rings is 1. The van der Waals surface area contributed by atoms with Crippen molar-refractivity contribution in [1.82, 2.24) is 10.6 Å². The molecule has 1 aromatic carbocycles. The van der Waals surface area contributed by atoms with E-state index in [2.05, 4.69) is 10.6 Å². The van der Waals surface area contributed by atoms with Gasteiger partial charge in [0.2, 0.25) is 5.91 Å². The first-order valence-corrected chi connectivity index (χ1v) is 9.24. The number of amides is 1. The van der Waals surface area contributed by atoms with Crippen molar-refractivity contribution < 1.29 is 9.53 Å². The van der Waals surface area contributed by atoms with E-state index in [1.807, 2.05) is 35.2 Å². The summed E-state index contributed by atoms with van der Waals surface area (Å²) < 4.78 is 5.65. The van der Waals surface area contributed by atoms with Crippen molar-refractivity contribution in [1.29, 1.82) is 0 Å². The van der Waals surface area contributed by atoms with Gasteiger partial charge < -0.3 is 20.3 Å². The molecule has 0 bridgehead atoms. The lowest BCUT2D eigenvalue weighted by Gasteiger charge is -2.34. The van der Waals surface area contributed by atoms with Gasteiger partial charge in [0.1, 0.15) is 0 Å². The van der Waals surface area contributed by atoms with Crippen molar-refractivity contribution in [2.24, 2.45) is 5.92 Å². The Labute approximate surface area is 143 Å². The van der Waals surface area contributed by atoms with Crippen LogP contribution < -0.4 is 15.5 Å². The number of hydrogen-bond acceptors (Lipinski definition) is 4. The first-order chi connectivity index (χ1) is 11.8. The van der Waals surface area contributed by atoms with Gasteiger partial charge in [-0.15, -0.1) is 0 Å². The second-order valence-corrected chi connectivity index (χ2v) is 7.24. The summed E-state index contributed by atoms with van der Waals surface area (Å²) in [6.45, 7) is 3.38. The van der Waals surface area contributed by atoms with Gasteiger partial charge in [-0.3, -0.25) is 4.79 Å². The lowest BCUT2D eigenvalue weighted by Crippen LogP contribution is -2.52. The van der Waals surface area contributed by atoms with E-state index < -0.39 is 0 Å². The summed E-state index contributed by atoms with van der Waals surface area (Å²) in [5.74, 6) is 0.846. The van der Waals surface area contributed by atoms with E-state index in [0.29, 0.717) is 24.4 Å². The van der Waals surface area contributed by atoms with Crippen LogP contribution in [0.4, 0.5) is 5.69 Å². The molecule has 0 aromatic heterocycles. The predicted molar refractivity (Wildman–Crippen MR) is 94.1 cm³/mol. The third kappa shape index (κ3) is 3.34. The van der Waals surface area contributed by atoms with Gasteiger partial charge in [0, 0.05) is 43.3 Å². The fraction of sp³-hybridized carbons (Fsp3) is 0.632. The molecule has 4 rings (SSSR count). The van der Waals surface area contributed by atoms with Crippen LogP contribution in [0.1, 0.15) is 25.7 Å². The third-order valence-corrected chi connectivity index (χ3v) is 5.68. The number of carbonyl (C=O) groups excluding carboxylic acids is 1. The van der Waals surface area contributed by atoms with Crippen LogP contribution in [0.25, 0.3) is 0 Å². The fourth-order valence-corrected chi connectivity index (χ4v) is 4.52. The maximum atomic E-state index is 12.4. The molecular weight excluding hydrogens is 302 g/mol. The summed E-state index contributed by atoms with van der Waals surface area (Å²) in [5, 5.41) is 7.41. The SMILES string of the molecule is O=C1CC(NC2CCCC2C2COCCN2)CN1c1ccccc1. The van der Waals surface area contributed by atoms with Crippen molar-refractivity contribution >= 4 is 11.6 Å². The lowest BCUT2D eigenvalue weighted by molar-refractivity contribution is -0.117. The number of rotatable bonds is 4. The molecule has 1 aromatic rings. The van der Waals surface area contributed by atoms with Crippen LogP contribution in [-0.4, -0.2) is 50.3 Å². The molecule has 5 nitrogen and oxygen atoms in total. The number of carbonyl (C=O) groups is 1. The van der Waals surface area contributed by atoms with Gasteiger partial charge in [-0.05, 0) is 30.9 Å². The van der Waals surface area contributed by atoms with Crippen molar-refractivity contribution in [3.8, 4) is 0 Å². The first-order valence-electron chi connectivity index (χ1n) is 9.24. The summed E-state index contributed by atoms with van der Waals surface area (Å²) in [6, 6.07) is 11.2. The summed E-state index contributed by atoms with van der Waals surface area (Å²) in [5.41, 5.74) is 1.01. The van der Waals surface area contributed by atoms with Gasteiger partial charge in [-0.2, -0.15) is 0 Å². The quantitative estimate of drug-likeness (QED) is 0.880. The molecule has 4 unspecified atom stereocenters. The molecule has 1 aliphatic carbocycles. The highest BCUT2D eigenvalue weighted by Crippen LogP contribution is 2.31. The third-order valence-electron chi connectivity index (χ3n) is 5.68. The van der Waals surface area contributed by atoms with Crippen LogP contribution in [0.3, 0.4) is 0 Å². The Morgan fingerprint density at radius 2 is 2.08 bits per heavy atom. The molecule has 4 atom stereocenters. The predicted octanol–water partition coefficient (Wildman–Crippen LogP) is 1.54. The maximum absolute atomic E-state index is 12.4. The molecule has 1 saturated carbocycles. The summed E-state index contributed by atoms with van der Waals surface area (Å²) in [6.07, 6.45) is 4.33. The van der Waals surface area contributed by atoms with Gasteiger partial charge in [0.25, 0.3) is 0 Å². The number of para-hydroxylation sites is 1. The summed E-state index contributed by atoms with van der Waals surface area (Å²) in [4.78, 5) is 14.3. The topological polar surface area (TPSA) is 53.6 Å². The zero-order valence-corrected chi connectivity index (χ0v) is 14.1. The second-order valence-electron chi connectivity index (χ2n) is 7.24. The second kappa shape index (κ2) is 7.21. The van der Waals surface area contributed by atoms with Crippen molar-refractivity contribution in [3.63, 3.8) is 0 Å².